The third-order valence-corrected chi connectivity index (χ3v) is 4.13. The van der Waals surface area contributed by atoms with Crippen LogP contribution in [0.3, 0.4) is 0 Å². The van der Waals surface area contributed by atoms with E-state index in [1.807, 2.05) is 60.7 Å². The average molecular weight is 323 g/mol. The first-order valence-electron chi connectivity index (χ1n) is 8.16. The Kier molecular flexibility index (Phi) is 5.11. The van der Waals surface area contributed by atoms with Crippen LogP contribution in [0.5, 0.6) is 0 Å². The van der Waals surface area contributed by atoms with Crippen LogP contribution in [0.1, 0.15) is 12.0 Å². The number of nitrogens with one attached hydrogen (secondary N) is 1. The van der Waals surface area contributed by atoms with Gasteiger partial charge in [-0.15, -0.1) is 0 Å². The average Bonchev–Trinajstić information content (AvgIpc) is 2.83. The van der Waals surface area contributed by atoms with Crippen LogP contribution in [-0.2, 0) is 11.3 Å². The molecule has 24 heavy (non-hydrogen) atoms. The second-order valence-electron chi connectivity index (χ2n) is 5.76. The molecule has 124 valence electrons. The number of anilines is 1. The predicted octanol–water partition coefficient (Wildman–Crippen LogP) is 2.64. The van der Waals surface area contributed by atoms with Crippen LogP contribution >= 0.6 is 0 Å². The van der Waals surface area contributed by atoms with Crippen LogP contribution in [0.4, 0.5) is 10.5 Å². The molecule has 0 aromatic heterocycles. The van der Waals surface area contributed by atoms with Gasteiger partial charge in [-0.05, 0) is 17.7 Å². The van der Waals surface area contributed by atoms with Crippen molar-refractivity contribution in [3.63, 3.8) is 0 Å². The molecule has 5 heteroatoms. The minimum Gasteiger partial charge on any atom is -0.334 e. The number of benzene rings is 2. The van der Waals surface area contributed by atoms with Crippen molar-refractivity contribution < 1.29 is 9.59 Å². The zero-order valence-corrected chi connectivity index (χ0v) is 13.5. The van der Waals surface area contributed by atoms with Crippen molar-refractivity contribution in [3.8, 4) is 0 Å². The monoisotopic (exact) mass is 323 g/mol. The predicted molar refractivity (Wildman–Crippen MR) is 93.7 cm³/mol. The van der Waals surface area contributed by atoms with Gasteiger partial charge in [0.2, 0.25) is 5.91 Å². The number of amides is 3. The van der Waals surface area contributed by atoms with E-state index < -0.39 is 0 Å². The van der Waals surface area contributed by atoms with E-state index in [4.69, 9.17) is 0 Å². The molecule has 2 aromatic rings. The van der Waals surface area contributed by atoms with Crippen LogP contribution < -0.4 is 10.2 Å². The van der Waals surface area contributed by atoms with Gasteiger partial charge in [0.1, 0.15) is 0 Å². The first-order valence-corrected chi connectivity index (χ1v) is 8.16. The largest absolute Gasteiger partial charge is 0.334 e. The topological polar surface area (TPSA) is 52.7 Å². The van der Waals surface area contributed by atoms with Crippen molar-refractivity contribution >= 4 is 17.6 Å². The maximum atomic E-state index is 12.4. The Morgan fingerprint density at radius 1 is 0.917 bits per heavy atom. The maximum absolute atomic E-state index is 12.4. The molecule has 0 radical (unpaired) electrons. The quantitative estimate of drug-likeness (QED) is 0.944. The summed E-state index contributed by atoms with van der Waals surface area (Å²) in [5, 5.41) is 2.92. The molecule has 0 saturated carbocycles. The van der Waals surface area contributed by atoms with Gasteiger partial charge in [0.25, 0.3) is 0 Å². The molecule has 0 spiro atoms. The van der Waals surface area contributed by atoms with Gasteiger partial charge in [-0.2, -0.15) is 0 Å². The lowest BCUT2D eigenvalue weighted by atomic mass is 10.2. The van der Waals surface area contributed by atoms with Gasteiger partial charge in [0.05, 0.1) is 0 Å². The number of carbonyl (C=O) groups is 2. The van der Waals surface area contributed by atoms with Crippen LogP contribution in [0.15, 0.2) is 60.7 Å². The number of nitrogens with zero attached hydrogens (tertiary/aromatic N) is 2. The molecular formula is C19H21N3O2. The van der Waals surface area contributed by atoms with E-state index in [9.17, 15) is 9.59 Å². The molecule has 1 aliphatic heterocycles. The van der Waals surface area contributed by atoms with Gasteiger partial charge in [-0.25, -0.2) is 4.79 Å². The summed E-state index contributed by atoms with van der Waals surface area (Å²) in [4.78, 5) is 28.2. The minimum atomic E-state index is -0.124. The summed E-state index contributed by atoms with van der Waals surface area (Å²) < 4.78 is 0. The van der Waals surface area contributed by atoms with Crippen molar-refractivity contribution in [1.29, 1.82) is 0 Å². The molecule has 1 N–H and O–H groups in total. The Hall–Kier alpha value is -2.82. The van der Waals surface area contributed by atoms with Gasteiger partial charge in [0, 0.05) is 38.3 Å². The SMILES string of the molecule is O=C(NCc1ccccc1)N1CCC(=O)N(c2ccccc2)CC1. The molecule has 1 aliphatic rings. The molecule has 2 aromatic carbocycles. The molecule has 0 atom stereocenters. The minimum absolute atomic E-state index is 0.0551. The Balaban J connectivity index is 1.58. The van der Waals surface area contributed by atoms with Crippen LogP contribution in [0.2, 0.25) is 0 Å². The van der Waals surface area contributed by atoms with Crippen molar-refractivity contribution in [2.75, 3.05) is 24.5 Å². The summed E-state index contributed by atoms with van der Waals surface area (Å²) in [6.07, 6.45) is 0.341. The number of hydrogen-bond donors (Lipinski definition) is 1. The second kappa shape index (κ2) is 7.64. The highest BCUT2D eigenvalue weighted by atomic mass is 16.2. The lowest BCUT2D eigenvalue weighted by molar-refractivity contribution is -0.118. The third kappa shape index (κ3) is 3.93. The summed E-state index contributed by atoms with van der Waals surface area (Å²) in [6.45, 7) is 1.98. The Morgan fingerprint density at radius 2 is 1.58 bits per heavy atom. The Labute approximate surface area is 141 Å². The van der Waals surface area contributed by atoms with Crippen molar-refractivity contribution in [3.05, 3.63) is 66.2 Å². The molecular weight excluding hydrogens is 302 g/mol. The van der Waals surface area contributed by atoms with Gasteiger partial charge in [-0.3, -0.25) is 4.79 Å². The van der Waals surface area contributed by atoms with Crippen LogP contribution in [0.25, 0.3) is 0 Å². The molecule has 0 aliphatic carbocycles. The molecule has 1 fully saturated rings. The first-order chi connectivity index (χ1) is 11.7. The highest BCUT2D eigenvalue weighted by Crippen LogP contribution is 2.16. The van der Waals surface area contributed by atoms with Crippen LogP contribution in [0, 0.1) is 0 Å². The number of carbonyl (C=O) groups excluding carboxylic acids is 2. The van der Waals surface area contributed by atoms with E-state index in [0.29, 0.717) is 32.6 Å². The number of hydrogen-bond acceptors (Lipinski definition) is 2. The highest BCUT2D eigenvalue weighted by molar-refractivity contribution is 5.94. The first kappa shape index (κ1) is 16.1. The van der Waals surface area contributed by atoms with Gasteiger partial charge in [-0.1, -0.05) is 48.5 Å². The summed E-state index contributed by atoms with van der Waals surface area (Å²) >= 11 is 0. The number of rotatable bonds is 3. The normalized spacial score (nSPS) is 15.1. The summed E-state index contributed by atoms with van der Waals surface area (Å²) in [5.41, 5.74) is 1.94. The smallest absolute Gasteiger partial charge is 0.317 e. The summed E-state index contributed by atoms with van der Waals surface area (Å²) in [6, 6.07) is 19.3. The molecule has 1 heterocycles. The fourth-order valence-corrected chi connectivity index (χ4v) is 2.79. The fourth-order valence-electron chi connectivity index (χ4n) is 2.79. The van der Waals surface area contributed by atoms with Crippen LogP contribution in [-0.4, -0.2) is 36.5 Å². The zero-order chi connectivity index (χ0) is 16.8. The van der Waals surface area contributed by atoms with E-state index >= 15 is 0 Å². The lowest BCUT2D eigenvalue weighted by Gasteiger charge is -2.22. The molecule has 3 amide bonds. The molecule has 1 saturated heterocycles. The lowest BCUT2D eigenvalue weighted by Crippen LogP contribution is -2.41. The number of para-hydroxylation sites is 1. The molecule has 0 unspecified atom stereocenters. The third-order valence-electron chi connectivity index (χ3n) is 4.13. The van der Waals surface area contributed by atoms with Crippen molar-refractivity contribution in [1.82, 2.24) is 10.2 Å². The van der Waals surface area contributed by atoms with Crippen molar-refractivity contribution in [2.45, 2.75) is 13.0 Å². The van der Waals surface area contributed by atoms with Crippen molar-refractivity contribution in [2.24, 2.45) is 0 Å². The standard InChI is InChI=1S/C19H21N3O2/c23-18-11-12-21(13-14-22(18)17-9-5-2-6-10-17)19(24)20-15-16-7-3-1-4-8-16/h1-10H,11-15H2,(H,20,24). The van der Waals surface area contributed by atoms with Gasteiger partial charge >= 0.3 is 6.03 Å². The summed E-state index contributed by atoms with van der Waals surface area (Å²) in [5.74, 6) is 0.0551. The molecule has 0 bridgehead atoms. The van der Waals surface area contributed by atoms with Gasteiger partial charge < -0.3 is 15.1 Å². The van der Waals surface area contributed by atoms with E-state index in [1.165, 1.54) is 0 Å². The van der Waals surface area contributed by atoms with E-state index in [-0.39, 0.29) is 11.9 Å². The molecule has 3 rings (SSSR count). The van der Waals surface area contributed by atoms with E-state index in [2.05, 4.69) is 5.32 Å². The fraction of sp³-hybridized carbons (Fsp3) is 0.263. The zero-order valence-electron chi connectivity index (χ0n) is 13.5. The van der Waals surface area contributed by atoms with E-state index in [0.717, 1.165) is 11.3 Å². The summed E-state index contributed by atoms with van der Waals surface area (Å²) in [7, 11) is 0. The Bertz CT molecular complexity index is 688. The maximum Gasteiger partial charge on any atom is 0.317 e. The Morgan fingerprint density at radius 3 is 2.29 bits per heavy atom. The molecule has 5 nitrogen and oxygen atoms in total. The number of urea groups is 1. The van der Waals surface area contributed by atoms with E-state index in [1.54, 1.807) is 9.80 Å². The highest BCUT2D eigenvalue weighted by Gasteiger charge is 2.24. The second-order valence-corrected chi connectivity index (χ2v) is 5.76. The van der Waals surface area contributed by atoms with Gasteiger partial charge in [0.15, 0.2) is 0 Å².